The van der Waals surface area contributed by atoms with Crippen LogP contribution in [0.15, 0.2) is 12.1 Å². The molecule has 1 rings (SSSR count). The molecule has 0 fully saturated rings. The van der Waals surface area contributed by atoms with E-state index in [1.54, 1.807) is 0 Å². The average molecular weight is 336 g/mol. The summed E-state index contributed by atoms with van der Waals surface area (Å²) in [5.41, 5.74) is 2.98. The number of aromatic hydroxyl groups is 1. The van der Waals surface area contributed by atoms with Gasteiger partial charge in [0.2, 0.25) is 0 Å². The molecule has 2 atom stereocenters. The third kappa shape index (κ3) is 5.82. The van der Waals surface area contributed by atoms with E-state index in [4.69, 9.17) is 5.11 Å². The Hall–Kier alpha value is -1.55. The van der Waals surface area contributed by atoms with Crippen molar-refractivity contribution in [1.29, 1.82) is 0 Å². The van der Waals surface area contributed by atoms with E-state index in [0.29, 0.717) is 12.2 Å². The minimum absolute atomic E-state index is 0.100. The second-order valence-electron chi connectivity index (χ2n) is 7.84. The number of unbranched alkanes of at least 4 members (excludes halogenated alkanes) is 2. The van der Waals surface area contributed by atoms with Gasteiger partial charge in [-0.2, -0.15) is 0 Å². The molecule has 4 heteroatoms. The molecule has 0 saturated heterocycles. The number of phenols is 1. The van der Waals surface area contributed by atoms with Crippen molar-refractivity contribution in [3.63, 3.8) is 0 Å². The number of aliphatic hydroxyl groups is 1. The largest absolute Gasteiger partial charge is 0.507 e. The highest BCUT2D eigenvalue weighted by Gasteiger charge is 2.22. The number of rotatable bonds is 8. The second kappa shape index (κ2) is 8.52. The van der Waals surface area contributed by atoms with Gasteiger partial charge in [0, 0.05) is 0 Å². The summed E-state index contributed by atoms with van der Waals surface area (Å²) in [7, 11) is 0. The molecular formula is C20H32O4. The third-order valence-electron chi connectivity index (χ3n) is 4.55. The van der Waals surface area contributed by atoms with Crippen LogP contribution < -0.4 is 0 Å². The van der Waals surface area contributed by atoms with Crippen molar-refractivity contribution in [3.8, 4) is 5.75 Å². The summed E-state index contributed by atoms with van der Waals surface area (Å²) in [4.78, 5) is 11.0. The lowest BCUT2D eigenvalue weighted by molar-refractivity contribution is -0.145. The minimum atomic E-state index is -0.922. The van der Waals surface area contributed by atoms with E-state index in [0.717, 1.165) is 36.8 Å². The van der Waals surface area contributed by atoms with Gasteiger partial charge in [-0.25, -0.2) is 0 Å². The van der Waals surface area contributed by atoms with Gasteiger partial charge in [0.15, 0.2) is 0 Å². The van der Waals surface area contributed by atoms with Crippen LogP contribution in [0.2, 0.25) is 0 Å². The number of benzene rings is 1. The van der Waals surface area contributed by atoms with Gasteiger partial charge in [0.25, 0.3) is 0 Å². The molecule has 0 aromatic heterocycles. The highest BCUT2D eigenvalue weighted by atomic mass is 16.4. The molecular weight excluding hydrogens is 304 g/mol. The maximum atomic E-state index is 11.0. The SMILES string of the molecule is Cc1cc(CCCCCC(C(=O)O)C(C)O)cc(C(C)(C)C)c1O. The third-order valence-corrected chi connectivity index (χ3v) is 4.55. The number of aliphatic carboxylic acids is 1. The molecule has 0 aliphatic carbocycles. The summed E-state index contributed by atoms with van der Waals surface area (Å²) >= 11 is 0. The fourth-order valence-electron chi connectivity index (χ4n) is 3.01. The molecule has 0 heterocycles. The van der Waals surface area contributed by atoms with Crippen LogP contribution in [0.25, 0.3) is 0 Å². The second-order valence-corrected chi connectivity index (χ2v) is 7.84. The topological polar surface area (TPSA) is 77.8 Å². The van der Waals surface area contributed by atoms with Gasteiger partial charge in [-0.05, 0) is 55.2 Å². The molecule has 0 radical (unpaired) electrons. The Morgan fingerprint density at radius 1 is 1.17 bits per heavy atom. The van der Waals surface area contributed by atoms with Crippen molar-refractivity contribution in [2.45, 2.75) is 78.2 Å². The number of carbonyl (C=O) groups is 1. The molecule has 2 unspecified atom stereocenters. The summed E-state index contributed by atoms with van der Waals surface area (Å²) in [6, 6.07) is 4.11. The zero-order valence-electron chi connectivity index (χ0n) is 15.6. The first-order valence-corrected chi connectivity index (χ1v) is 8.78. The number of aliphatic hydroxyl groups excluding tert-OH is 1. The smallest absolute Gasteiger partial charge is 0.309 e. The van der Waals surface area contributed by atoms with Gasteiger partial charge >= 0.3 is 5.97 Å². The molecule has 0 spiro atoms. The summed E-state index contributed by atoms with van der Waals surface area (Å²) in [6.07, 6.45) is 3.31. The number of hydrogen-bond donors (Lipinski definition) is 3. The Morgan fingerprint density at radius 3 is 2.29 bits per heavy atom. The van der Waals surface area contributed by atoms with Gasteiger partial charge in [-0.15, -0.1) is 0 Å². The van der Waals surface area contributed by atoms with Crippen LogP contribution in [0.4, 0.5) is 0 Å². The van der Waals surface area contributed by atoms with E-state index in [1.165, 1.54) is 12.5 Å². The van der Waals surface area contributed by atoms with Crippen molar-refractivity contribution < 1.29 is 20.1 Å². The van der Waals surface area contributed by atoms with Gasteiger partial charge in [0.1, 0.15) is 5.75 Å². The maximum Gasteiger partial charge on any atom is 0.309 e. The fourth-order valence-corrected chi connectivity index (χ4v) is 3.01. The zero-order valence-corrected chi connectivity index (χ0v) is 15.6. The summed E-state index contributed by atoms with van der Waals surface area (Å²) in [5, 5.41) is 28.8. The zero-order chi connectivity index (χ0) is 18.5. The molecule has 24 heavy (non-hydrogen) atoms. The molecule has 0 bridgehead atoms. The van der Waals surface area contributed by atoms with Crippen LogP contribution in [0.5, 0.6) is 5.75 Å². The molecule has 1 aromatic rings. The molecule has 3 N–H and O–H groups in total. The number of aryl methyl sites for hydroxylation is 2. The number of hydrogen-bond acceptors (Lipinski definition) is 3. The van der Waals surface area contributed by atoms with E-state index < -0.39 is 18.0 Å². The molecule has 4 nitrogen and oxygen atoms in total. The number of phenolic OH excluding ortho intramolecular Hbond substituents is 1. The highest BCUT2D eigenvalue weighted by Crippen LogP contribution is 2.34. The van der Waals surface area contributed by atoms with Crippen LogP contribution in [0.1, 0.15) is 70.1 Å². The van der Waals surface area contributed by atoms with Crippen molar-refractivity contribution >= 4 is 5.97 Å². The van der Waals surface area contributed by atoms with Crippen molar-refractivity contribution in [2.24, 2.45) is 5.92 Å². The normalized spacial score (nSPS) is 14.4. The van der Waals surface area contributed by atoms with Crippen LogP contribution in [0.3, 0.4) is 0 Å². The van der Waals surface area contributed by atoms with E-state index in [2.05, 4.69) is 26.8 Å². The standard InChI is InChI=1S/C20H32O4/c1-13-11-15(12-17(18(13)22)20(3,4)5)9-7-6-8-10-16(14(2)21)19(23)24/h11-12,14,16,21-22H,6-10H2,1-5H3,(H,23,24). The fraction of sp³-hybridized carbons (Fsp3) is 0.650. The Morgan fingerprint density at radius 2 is 1.79 bits per heavy atom. The first-order valence-electron chi connectivity index (χ1n) is 8.78. The van der Waals surface area contributed by atoms with Crippen molar-refractivity contribution in [1.82, 2.24) is 0 Å². The molecule has 136 valence electrons. The van der Waals surface area contributed by atoms with E-state index >= 15 is 0 Å². The lowest BCUT2D eigenvalue weighted by Crippen LogP contribution is -2.25. The van der Waals surface area contributed by atoms with Gasteiger partial charge in [-0.1, -0.05) is 45.7 Å². The van der Waals surface area contributed by atoms with Gasteiger partial charge in [0.05, 0.1) is 12.0 Å². The first-order chi connectivity index (χ1) is 11.0. The summed E-state index contributed by atoms with van der Waals surface area (Å²) in [6.45, 7) is 9.73. The van der Waals surface area contributed by atoms with E-state index in [9.17, 15) is 15.0 Å². The predicted molar refractivity (Wildman–Crippen MR) is 96.5 cm³/mol. The number of carboxylic acids is 1. The lowest BCUT2D eigenvalue weighted by atomic mass is 9.83. The highest BCUT2D eigenvalue weighted by molar-refractivity contribution is 5.70. The van der Waals surface area contributed by atoms with Gasteiger partial charge in [-0.3, -0.25) is 4.79 Å². The molecule has 0 aliphatic heterocycles. The molecule has 1 aromatic carbocycles. The Balaban J connectivity index is 2.57. The van der Waals surface area contributed by atoms with Crippen molar-refractivity contribution in [2.75, 3.05) is 0 Å². The predicted octanol–water partition coefficient (Wildman–Crippen LogP) is 4.18. The van der Waals surface area contributed by atoms with Crippen molar-refractivity contribution in [3.05, 3.63) is 28.8 Å². The Kier molecular flexibility index (Phi) is 7.27. The summed E-state index contributed by atoms with van der Waals surface area (Å²) < 4.78 is 0. The maximum absolute atomic E-state index is 11.0. The number of carboxylic acid groups (broad SMARTS) is 1. The minimum Gasteiger partial charge on any atom is -0.507 e. The van der Waals surface area contributed by atoms with Crippen LogP contribution >= 0.6 is 0 Å². The molecule has 0 saturated carbocycles. The summed E-state index contributed by atoms with van der Waals surface area (Å²) in [5.74, 6) is -1.21. The van der Waals surface area contributed by atoms with E-state index in [-0.39, 0.29) is 5.41 Å². The molecule has 0 amide bonds. The Bertz CT molecular complexity index is 555. The molecule has 0 aliphatic rings. The average Bonchev–Trinajstić information content (AvgIpc) is 2.43. The van der Waals surface area contributed by atoms with Crippen LogP contribution in [-0.2, 0) is 16.6 Å². The quantitative estimate of drug-likeness (QED) is 0.622. The first kappa shape index (κ1) is 20.5. The van der Waals surface area contributed by atoms with Crippen LogP contribution in [-0.4, -0.2) is 27.4 Å². The Labute approximate surface area is 145 Å². The van der Waals surface area contributed by atoms with Crippen LogP contribution in [0, 0.1) is 12.8 Å². The lowest BCUT2D eigenvalue weighted by Gasteiger charge is -2.22. The van der Waals surface area contributed by atoms with Gasteiger partial charge < -0.3 is 15.3 Å². The van der Waals surface area contributed by atoms with E-state index in [1.807, 2.05) is 13.0 Å². The monoisotopic (exact) mass is 336 g/mol.